The number of carbonyl (C=O) groups excluding carboxylic acids is 1. The summed E-state index contributed by atoms with van der Waals surface area (Å²) in [5.74, 6) is -0.0536. The minimum absolute atomic E-state index is 0.0318. The number of fused-ring (bicyclic) bond motifs is 1. The monoisotopic (exact) mass is 323 g/mol. The van der Waals surface area contributed by atoms with Gasteiger partial charge in [-0.3, -0.25) is 9.59 Å². The summed E-state index contributed by atoms with van der Waals surface area (Å²) in [7, 11) is 0. The van der Waals surface area contributed by atoms with Crippen molar-refractivity contribution in [3.05, 3.63) is 65.0 Å². The molecular formula is C19H21N3O2. The lowest BCUT2D eigenvalue weighted by Gasteiger charge is -2.20. The van der Waals surface area contributed by atoms with E-state index in [9.17, 15) is 9.59 Å². The van der Waals surface area contributed by atoms with Gasteiger partial charge in [0.15, 0.2) is 0 Å². The molecule has 1 amide bonds. The van der Waals surface area contributed by atoms with Gasteiger partial charge in [-0.15, -0.1) is 0 Å². The molecule has 0 radical (unpaired) electrons. The van der Waals surface area contributed by atoms with Crippen LogP contribution in [0.25, 0.3) is 16.6 Å². The van der Waals surface area contributed by atoms with Gasteiger partial charge in [0.05, 0.1) is 16.6 Å². The van der Waals surface area contributed by atoms with Gasteiger partial charge in [-0.05, 0) is 38.1 Å². The first-order valence-electron chi connectivity index (χ1n) is 8.21. The van der Waals surface area contributed by atoms with Crippen LogP contribution in [0.4, 0.5) is 0 Å². The van der Waals surface area contributed by atoms with Crippen LogP contribution in [0.1, 0.15) is 13.8 Å². The van der Waals surface area contributed by atoms with Crippen molar-refractivity contribution >= 4 is 16.8 Å². The first-order valence-corrected chi connectivity index (χ1v) is 8.21. The first-order chi connectivity index (χ1) is 11.7. The van der Waals surface area contributed by atoms with Crippen molar-refractivity contribution < 1.29 is 4.79 Å². The van der Waals surface area contributed by atoms with E-state index in [1.54, 1.807) is 11.0 Å². The van der Waals surface area contributed by atoms with Crippen molar-refractivity contribution in [2.75, 3.05) is 13.1 Å². The van der Waals surface area contributed by atoms with Crippen molar-refractivity contribution in [3.63, 3.8) is 0 Å². The van der Waals surface area contributed by atoms with E-state index in [1.165, 1.54) is 4.68 Å². The minimum Gasteiger partial charge on any atom is -0.342 e. The Labute approximate surface area is 140 Å². The summed E-state index contributed by atoms with van der Waals surface area (Å²) in [4.78, 5) is 27.1. The maximum absolute atomic E-state index is 12.8. The van der Waals surface area contributed by atoms with Crippen LogP contribution >= 0.6 is 0 Å². The molecule has 5 nitrogen and oxygen atoms in total. The molecule has 124 valence electrons. The number of amides is 1. The van der Waals surface area contributed by atoms with E-state index in [0.717, 1.165) is 11.2 Å². The number of nitrogens with zero attached hydrogens (tertiary/aromatic N) is 3. The molecule has 0 unspecified atom stereocenters. The number of hydrogen-bond donors (Lipinski definition) is 0. The number of para-hydroxylation sites is 2. The minimum atomic E-state index is -0.144. The number of aromatic nitrogens is 2. The van der Waals surface area contributed by atoms with Gasteiger partial charge in [-0.1, -0.05) is 30.3 Å². The average molecular weight is 323 g/mol. The highest BCUT2D eigenvalue weighted by atomic mass is 16.2. The molecule has 0 bridgehead atoms. The lowest BCUT2D eigenvalue weighted by atomic mass is 10.2. The molecule has 2 aromatic carbocycles. The van der Waals surface area contributed by atoms with E-state index in [4.69, 9.17) is 0 Å². The third-order valence-corrected chi connectivity index (χ3v) is 4.24. The molecule has 0 saturated heterocycles. The smallest absolute Gasteiger partial charge is 0.275 e. The number of carbonyl (C=O) groups is 1. The van der Waals surface area contributed by atoms with Crippen molar-refractivity contribution in [3.8, 4) is 5.69 Å². The Bertz CT molecular complexity index is 905. The number of hydrogen-bond acceptors (Lipinski definition) is 2. The molecule has 0 atom stereocenters. The number of rotatable bonds is 5. The third-order valence-electron chi connectivity index (χ3n) is 4.24. The summed E-state index contributed by atoms with van der Waals surface area (Å²) in [6.07, 6.45) is 0. The van der Waals surface area contributed by atoms with E-state index >= 15 is 0 Å². The summed E-state index contributed by atoms with van der Waals surface area (Å²) in [6, 6.07) is 17.1. The Morgan fingerprint density at radius 1 is 0.958 bits per heavy atom. The number of benzene rings is 2. The van der Waals surface area contributed by atoms with Crippen molar-refractivity contribution in [2.45, 2.75) is 20.4 Å². The molecule has 1 aromatic heterocycles. The highest BCUT2D eigenvalue weighted by Crippen LogP contribution is 2.17. The molecule has 0 aliphatic carbocycles. The van der Waals surface area contributed by atoms with Crippen molar-refractivity contribution in [2.24, 2.45) is 0 Å². The molecule has 0 N–H and O–H groups in total. The molecule has 0 aliphatic heterocycles. The van der Waals surface area contributed by atoms with Crippen LogP contribution in [-0.4, -0.2) is 33.3 Å². The normalized spacial score (nSPS) is 10.9. The van der Waals surface area contributed by atoms with Crippen LogP contribution in [0.5, 0.6) is 0 Å². The van der Waals surface area contributed by atoms with E-state index in [1.807, 2.05) is 67.1 Å². The topological polar surface area (TPSA) is 47.2 Å². The Morgan fingerprint density at radius 2 is 1.58 bits per heavy atom. The second-order valence-corrected chi connectivity index (χ2v) is 5.59. The van der Waals surface area contributed by atoms with Crippen LogP contribution in [-0.2, 0) is 11.3 Å². The molecule has 3 rings (SSSR count). The van der Waals surface area contributed by atoms with Gasteiger partial charge in [0.25, 0.3) is 5.56 Å². The maximum atomic E-state index is 12.8. The fourth-order valence-electron chi connectivity index (χ4n) is 2.99. The maximum Gasteiger partial charge on any atom is 0.275 e. The van der Waals surface area contributed by atoms with Gasteiger partial charge in [0.1, 0.15) is 6.54 Å². The van der Waals surface area contributed by atoms with Crippen molar-refractivity contribution in [1.82, 2.24) is 14.3 Å². The van der Waals surface area contributed by atoms with Crippen LogP contribution in [0.2, 0.25) is 0 Å². The zero-order valence-corrected chi connectivity index (χ0v) is 14.0. The average Bonchev–Trinajstić information content (AvgIpc) is 2.89. The van der Waals surface area contributed by atoms with Gasteiger partial charge in [0.2, 0.25) is 5.91 Å². The predicted molar refractivity (Wildman–Crippen MR) is 95.5 cm³/mol. The van der Waals surface area contributed by atoms with Gasteiger partial charge in [0, 0.05) is 13.1 Å². The Hall–Kier alpha value is -2.82. The van der Waals surface area contributed by atoms with E-state index < -0.39 is 0 Å². The fourth-order valence-corrected chi connectivity index (χ4v) is 2.99. The SMILES string of the molecule is CCN(CC)C(=O)Cn1c(=O)c2ccccc2n1-c1ccccc1. The summed E-state index contributed by atoms with van der Waals surface area (Å²) in [5.41, 5.74) is 1.53. The van der Waals surface area contributed by atoms with E-state index in [0.29, 0.717) is 18.5 Å². The van der Waals surface area contributed by atoms with E-state index in [2.05, 4.69) is 0 Å². The highest BCUT2D eigenvalue weighted by Gasteiger charge is 2.18. The lowest BCUT2D eigenvalue weighted by molar-refractivity contribution is -0.131. The lowest BCUT2D eigenvalue weighted by Crippen LogP contribution is -2.37. The zero-order valence-electron chi connectivity index (χ0n) is 14.0. The van der Waals surface area contributed by atoms with Gasteiger partial charge >= 0.3 is 0 Å². The molecule has 3 aromatic rings. The molecule has 5 heteroatoms. The quantitative estimate of drug-likeness (QED) is 0.725. The predicted octanol–water partition coefficient (Wildman–Crippen LogP) is 2.66. The molecular weight excluding hydrogens is 302 g/mol. The summed E-state index contributed by atoms with van der Waals surface area (Å²) in [6.45, 7) is 5.18. The largest absolute Gasteiger partial charge is 0.342 e. The van der Waals surface area contributed by atoms with Crippen LogP contribution in [0, 0.1) is 0 Å². The van der Waals surface area contributed by atoms with E-state index in [-0.39, 0.29) is 18.0 Å². The first kappa shape index (κ1) is 16.1. The van der Waals surface area contributed by atoms with Gasteiger partial charge in [-0.2, -0.15) is 0 Å². The third kappa shape index (κ3) is 2.73. The van der Waals surface area contributed by atoms with Crippen LogP contribution < -0.4 is 5.56 Å². The van der Waals surface area contributed by atoms with Gasteiger partial charge in [-0.25, -0.2) is 9.36 Å². The second kappa shape index (κ2) is 6.74. The standard InChI is InChI=1S/C19H21N3O2/c1-3-20(4-2)18(23)14-21-19(24)16-12-8-9-13-17(16)22(21)15-10-6-5-7-11-15/h5-13H,3-4,14H2,1-2H3. The van der Waals surface area contributed by atoms with Gasteiger partial charge < -0.3 is 4.90 Å². The molecule has 0 fully saturated rings. The highest BCUT2D eigenvalue weighted by molar-refractivity contribution is 5.82. The zero-order chi connectivity index (χ0) is 17.1. The molecule has 0 aliphatic rings. The summed E-state index contributed by atoms with van der Waals surface area (Å²) in [5, 5.41) is 0.619. The molecule has 0 saturated carbocycles. The summed E-state index contributed by atoms with van der Waals surface area (Å²) >= 11 is 0. The second-order valence-electron chi connectivity index (χ2n) is 5.59. The van der Waals surface area contributed by atoms with Crippen LogP contribution in [0.3, 0.4) is 0 Å². The Balaban J connectivity index is 2.18. The molecule has 24 heavy (non-hydrogen) atoms. The van der Waals surface area contributed by atoms with Crippen LogP contribution in [0.15, 0.2) is 59.4 Å². The number of likely N-dealkylation sites (N-methyl/N-ethyl adjacent to an activating group) is 1. The Morgan fingerprint density at radius 3 is 2.25 bits per heavy atom. The molecule has 1 heterocycles. The fraction of sp³-hybridized carbons (Fsp3) is 0.263. The molecule has 0 spiro atoms. The van der Waals surface area contributed by atoms with Crippen molar-refractivity contribution in [1.29, 1.82) is 0 Å². The summed E-state index contributed by atoms with van der Waals surface area (Å²) < 4.78 is 3.36. The Kier molecular flexibility index (Phi) is 4.51.